The van der Waals surface area contributed by atoms with Gasteiger partial charge in [0.1, 0.15) is 24.4 Å². The molecule has 1 heterocycles. The highest BCUT2D eigenvalue weighted by atomic mass is 16.7. The predicted molar refractivity (Wildman–Crippen MR) is 104 cm³/mol. The first-order valence-corrected chi connectivity index (χ1v) is 10.7. The Morgan fingerprint density at radius 1 is 1.00 bits per heavy atom. The van der Waals surface area contributed by atoms with Crippen LogP contribution in [0.4, 0.5) is 0 Å². The van der Waals surface area contributed by atoms with Gasteiger partial charge in [-0.05, 0) is 70.1 Å². The van der Waals surface area contributed by atoms with Crippen molar-refractivity contribution in [3.63, 3.8) is 0 Å². The smallest absolute Gasteiger partial charge is 0.187 e. The van der Waals surface area contributed by atoms with Crippen molar-refractivity contribution in [1.82, 2.24) is 0 Å². The summed E-state index contributed by atoms with van der Waals surface area (Å²) in [5.74, 6) is -0.0557. The first kappa shape index (κ1) is 23.3. The molecule has 0 radical (unpaired) electrons. The molecule has 0 amide bonds. The van der Waals surface area contributed by atoms with Gasteiger partial charge in [-0.1, -0.05) is 6.92 Å². The Kier molecular flexibility index (Phi) is 6.43. The number of fused-ring (bicyclic) bond motifs is 1. The summed E-state index contributed by atoms with van der Waals surface area (Å²) in [6.45, 7) is 7.07. The van der Waals surface area contributed by atoms with E-state index in [1.54, 1.807) is 13.8 Å². The standard InChI is InChI=1S/C21H38O8/c1-19(2,27)11-5-7-20(3)13(9-11)21(4,8-6-14(20)23)29-18-17(26)16(25)15(24)12(10-22)28-18/h11-18,22-27H,5-10H2,1-4H3/t11-,12+,13-,14-,15+,16-,17+,18-,20-,21-/m0/s1. The summed E-state index contributed by atoms with van der Waals surface area (Å²) in [5.41, 5.74) is -2.03. The molecule has 0 aromatic rings. The van der Waals surface area contributed by atoms with Crippen LogP contribution in [0, 0.1) is 17.3 Å². The molecule has 0 aromatic heterocycles. The van der Waals surface area contributed by atoms with E-state index in [0.29, 0.717) is 19.3 Å². The summed E-state index contributed by atoms with van der Waals surface area (Å²) >= 11 is 0. The van der Waals surface area contributed by atoms with E-state index in [-0.39, 0.29) is 11.8 Å². The highest BCUT2D eigenvalue weighted by Crippen LogP contribution is 2.58. The maximum Gasteiger partial charge on any atom is 0.187 e. The molecule has 0 spiro atoms. The molecule has 1 saturated heterocycles. The summed E-state index contributed by atoms with van der Waals surface area (Å²) in [7, 11) is 0. The number of ether oxygens (including phenoxy) is 2. The van der Waals surface area contributed by atoms with E-state index >= 15 is 0 Å². The Morgan fingerprint density at radius 2 is 1.66 bits per heavy atom. The van der Waals surface area contributed by atoms with Crippen molar-refractivity contribution in [3.05, 3.63) is 0 Å². The summed E-state index contributed by atoms with van der Waals surface area (Å²) in [5, 5.41) is 61.4. The van der Waals surface area contributed by atoms with Crippen molar-refractivity contribution in [1.29, 1.82) is 0 Å². The molecular weight excluding hydrogens is 380 g/mol. The molecule has 2 saturated carbocycles. The second-order valence-electron chi connectivity index (χ2n) is 10.4. The molecule has 8 heteroatoms. The van der Waals surface area contributed by atoms with Crippen LogP contribution < -0.4 is 0 Å². The van der Waals surface area contributed by atoms with Crippen molar-refractivity contribution in [3.8, 4) is 0 Å². The van der Waals surface area contributed by atoms with Crippen LogP contribution in [0.15, 0.2) is 0 Å². The minimum Gasteiger partial charge on any atom is -0.394 e. The normalized spacial score (nSPS) is 51.5. The molecule has 170 valence electrons. The lowest BCUT2D eigenvalue weighted by atomic mass is 9.51. The molecule has 1 aliphatic heterocycles. The number of hydrogen-bond acceptors (Lipinski definition) is 8. The minimum atomic E-state index is -1.49. The number of hydrogen-bond donors (Lipinski definition) is 6. The monoisotopic (exact) mass is 418 g/mol. The Bertz CT molecular complexity index is 578. The fourth-order valence-electron chi connectivity index (χ4n) is 5.82. The van der Waals surface area contributed by atoms with Gasteiger partial charge in [0.15, 0.2) is 6.29 Å². The van der Waals surface area contributed by atoms with Crippen LogP contribution in [-0.2, 0) is 9.47 Å². The van der Waals surface area contributed by atoms with Gasteiger partial charge in [0.05, 0.1) is 23.9 Å². The first-order valence-electron chi connectivity index (χ1n) is 10.7. The van der Waals surface area contributed by atoms with Gasteiger partial charge in [0.2, 0.25) is 0 Å². The number of aliphatic hydroxyl groups excluding tert-OH is 5. The number of rotatable bonds is 4. The van der Waals surface area contributed by atoms with E-state index in [0.717, 1.165) is 12.8 Å². The summed E-state index contributed by atoms with van der Waals surface area (Å²) < 4.78 is 11.9. The molecule has 0 unspecified atom stereocenters. The summed E-state index contributed by atoms with van der Waals surface area (Å²) in [4.78, 5) is 0. The summed E-state index contributed by atoms with van der Waals surface area (Å²) in [6, 6.07) is 0. The fraction of sp³-hybridized carbons (Fsp3) is 1.00. The van der Waals surface area contributed by atoms with Gasteiger partial charge in [-0.15, -0.1) is 0 Å². The second kappa shape index (κ2) is 7.98. The van der Waals surface area contributed by atoms with Gasteiger partial charge in [0.25, 0.3) is 0 Å². The number of aliphatic hydroxyl groups is 6. The van der Waals surface area contributed by atoms with Gasteiger partial charge in [-0.3, -0.25) is 0 Å². The third-order valence-corrected chi connectivity index (χ3v) is 7.99. The largest absolute Gasteiger partial charge is 0.394 e. The highest BCUT2D eigenvalue weighted by molar-refractivity contribution is 5.08. The van der Waals surface area contributed by atoms with E-state index in [4.69, 9.17) is 9.47 Å². The zero-order valence-electron chi connectivity index (χ0n) is 17.9. The molecule has 0 aromatic carbocycles. The second-order valence-corrected chi connectivity index (χ2v) is 10.4. The third-order valence-electron chi connectivity index (χ3n) is 7.99. The van der Waals surface area contributed by atoms with Crippen molar-refractivity contribution >= 4 is 0 Å². The maximum atomic E-state index is 10.8. The third kappa shape index (κ3) is 4.11. The molecule has 0 bridgehead atoms. The molecule has 3 fully saturated rings. The van der Waals surface area contributed by atoms with Crippen molar-refractivity contribution in [2.24, 2.45) is 17.3 Å². The van der Waals surface area contributed by atoms with Crippen LogP contribution in [0.25, 0.3) is 0 Å². The molecule has 6 N–H and O–H groups in total. The van der Waals surface area contributed by atoms with Crippen LogP contribution in [0.2, 0.25) is 0 Å². The van der Waals surface area contributed by atoms with Crippen LogP contribution in [0.1, 0.15) is 59.8 Å². The van der Waals surface area contributed by atoms with Gasteiger partial charge in [0, 0.05) is 0 Å². The van der Waals surface area contributed by atoms with Crippen LogP contribution in [-0.4, -0.2) is 85.3 Å². The topological polar surface area (TPSA) is 140 Å². The van der Waals surface area contributed by atoms with Crippen molar-refractivity contribution < 1.29 is 40.1 Å². The minimum absolute atomic E-state index is 0.0450. The van der Waals surface area contributed by atoms with E-state index in [9.17, 15) is 30.6 Å². The van der Waals surface area contributed by atoms with E-state index < -0.39 is 60.0 Å². The van der Waals surface area contributed by atoms with Gasteiger partial charge in [-0.25, -0.2) is 0 Å². The lowest BCUT2D eigenvalue weighted by molar-refractivity contribution is -0.345. The zero-order valence-corrected chi connectivity index (χ0v) is 17.9. The molecule has 3 aliphatic rings. The van der Waals surface area contributed by atoms with Crippen molar-refractivity contribution in [2.45, 2.75) is 108 Å². The average molecular weight is 419 g/mol. The molecule has 8 nitrogen and oxygen atoms in total. The van der Waals surface area contributed by atoms with Gasteiger partial charge in [-0.2, -0.15) is 0 Å². The molecule has 10 atom stereocenters. The van der Waals surface area contributed by atoms with E-state index in [1.807, 2.05) is 6.92 Å². The molecule has 2 aliphatic carbocycles. The van der Waals surface area contributed by atoms with E-state index in [1.165, 1.54) is 0 Å². The van der Waals surface area contributed by atoms with Crippen LogP contribution >= 0.6 is 0 Å². The zero-order chi connectivity index (χ0) is 21.8. The Labute approximate surface area is 172 Å². The van der Waals surface area contributed by atoms with Crippen LogP contribution in [0.3, 0.4) is 0 Å². The Morgan fingerprint density at radius 3 is 2.24 bits per heavy atom. The quantitative estimate of drug-likeness (QED) is 0.372. The molecule has 3 rings (SSSR count). The molecular formula is C21H38O8. The lowest BCUT2D eigenvalue weighted by Gasteiger charge is -2.59. The maximum absolute atomic E-state index is 10.8. The lowest BCUT2D eigenvalue weighted by Crippen LogP contribution is -2.64. The Balaban J connectivity index is 1.86. The summed E-state index contributed by atoms with van der Waals surface area (Å²) in [6.07, 6.45) is -3.83. The highest BCUT2D eigenvalue weighted by Gasteiger charge is 2.59. The Hall–Kier alpha value is -0.320. The fourth-order valence-corrected chi connectivity index (χ4v) is 5.82. The predicted octanol–water partition coefficient (Wildman–Crippen LogP) is -0.0902. The van der Waals surface area contributed by atoms with E-state index in [2.05, 4.69) is 6.92 Å². The average Bonchev–Trinajstić information content (AvgIpc) is 2.65. The molecule has 29 heavy (non-hydrogen) atoms. The SMILES string of the molecule is CC(C)(O)[C@H]1CC[C@]2(C)[C@@H](O)CC[C@](C)(O[C@@H]3O[C@H](CO)[C@@H](O)[C@H](O)[C@H]3O)[C@H]2C1. The first-order chi connectivity index (χ1) is 13.3. The van der Waals surface area contributed by atoms with Gasteiger partial charge < -0.3 is 40.1 Å². The van der Waals surface area contributed by atoms with Crippen molar-refractivity contribution in [2.75, 3.05) is 6.61 Å². The van der Waals surface area contributed by atoms with Crippen LogP contribution in [0.5, 0.6) is 0 Å². The van der Waals surface area contributed by atoms with Gasteiger partial charge >= 0.3 is 0 Å².